The summed E-state index contributed by atoms with van der Waals surface area (Å²) in [7, 11) is 1.95. The predicted octanol–water partition coefficient (Wildman–Crippen LogP) is 4.57. The van der Waals surface area contributed by atoms with Gasteiger partial charge in [-0.3, -0.25) is 4.79 Å². The van der Waals surface area contributed by atoms with Crippen LogP contribution in [0.3, 0.4) is 0 Å². The molecular formula is C14H11BrN2OS. The van der Waals surface area contributed by atoms with E-state index in [1.807, 2.05) is 48.3 Å². The van der Waals surface area contributed by atoms with Gasteiger partial charge < -0.3 is 9.88 Å². The fraction of sp³-hybridized carbons (Fsp3) is 0.0714. The molecule has 0 bridgehead atoms. The van der Waals surface area contributed by atoms with Crippen LogP contribution in [0, 0.1) is 0 Å². The fourth-order valence-electron chi connectivity index (χ4n) is 2.13. The number of halogens is 1. The lowest BCUT2D eigenvalue weighted by Gasteiger charge is -2.15. The molecule has 5 heteroatoms. The quantitative estimate of drug-likeness (QED) is 0.712. The minimum atomic E-state index is 0.697. The average Bonchev–Trinajstić information content (AvgIpc) is 3.01. The molecule has 0 amide bonds. The van der Waals surface area contributed by atoms with E-state index in [2.05, 4.69) is 20.9 Å². The predicted molar refractivity (Wildman–Crippen MR) is 83.8 cm³/mol. The molecule has 96 valence electrons. The second-order valence-electron chi connectivity index (χ2n) is 4.19. The monoisotopic (exact) mass is 334 g/mol. The van der Waals surface area contributed by atoms with Crippen molar-refractivity contribution in [3.8, 4) is 0 Å². The number of hydrogen-bond acceptors (Lipinski definition) is 3. The molecule has 0 aliphatic rings. The average molecular weight is 335 g/mol. The van der Waals surface area contributed by atoms with Crippen LogP contribution in [0.15, 0.2) is 40.2 Å². The number of rotatable bonds is 3. The smallest absolute Gasteiger partial charge is 0.154 e. The van der Waals surface area contributed by atoms with E-state index in [1.165, 1.54) is 0 Å². The molecule has 0 saturated heterocycles. The summed E-state index contributed by atoms with van der Waals surface area (Å²) in [5, 5.41) is 2.02. The Morgan fingerprint density at radius 3 is 2.74 bits per heavy atom. The molecule has 1 aromatic carbocycles. The first kappa shape index (κ1) is 12.4. The van der Waals surface area contributed by atoms with E-state index in [4.69, 9.17) is 0 Å². The molecule has 3 nitrogen and oxygen atoms in total. The summed E-state index contributed by atoms with van der Waals surface area (Å²) >= 11 is 5.08. The molecule has 0 unspecified atom stereocenters. The van der Waals surface area contributed by atoms with Gasteiger partial charge in [-0.1, -0.05) is 18.2 Å². The van der Waals surface area contributed by atoms with Crippen LogP contribution in [-0.4, -0.2) is 18.3 Å². The van der Waals surface area contributed by atoms with Gasteiger partial charge in [-0.25, -0.2) is 0 Å². The highest BCUT2D eigenvalue weighted by molar-refractivity contribution is 9.11. The number of thiophene rings is 1. The minimum Gasteiger partial charge on any atom is -0.340 e. The van der Waals surface area contributed by atoms with Gasteiger partial charge >= 0.3 is 0 Å². The van der Waals surface area contributed by atoms with Crippen LogP contribution in [0.2, 0.25) is 0 Å². The summed E-state index contributed by atoms with van der Waals surface area (Å²) in [6, 6.07) is 11.9. The largest absolute Gasteiger partial charge is 0.340 e. The SMILES string of the molecule is CN(c1ccc(Br)s1)c1[nH]c2ccccc2c1C=O. The van der Waals surface area contributed by atoms with Crippen LogP contribution in [-0.2, 0) is 0 Å². The Morgan fingerprint density at radius 2 is 2.05 bits per heavy atom. The van der Waals surface area contributed by atoms with Gasteiger partial charge in [0.15, 0.2) is 6.29 Å². The van der Waals surface area contributed by atoms with Crippen molar-refractivity contribution in [3.63, 3.8) is 0 Å². The third kappa shape index (κ3) is 2.09. The maximum Gasteiger partial charge on any atom is 0.154 e. The summed E-state index contributed by atoms with van der Waals surface area (Å²) in [5.41, 5.74) is 1.67. The van der Waals surface area contributed by atoms with Crippen LogP contribution < -0.4 is 4.90 Å². The fourth-order valence-corrected chi connectivity index (χ4v) is 3.46. The molecule has 0 atom stereocenters. The minimum absolute atomic E-state index is 0.697. The van der Waals surface area contributed by atoms with Crippen molar-refractivity contribution in [1.82, 2.24) is 4.98 Å². The van der Waals surface area contributed by atoms with Crippen molar-refractivity contribution in [2.45, 2.75) is 0 Å². The van der Waals surface area contributed by atoms with Gasteiger partial charge in [0.2, 0.25) is 0 Å². The van der Waals surface area contributed by atoms with Crippen molar-refractivity contribution in [2.75, 3.05) is 11.9 Å². The van der Waals surface area contributed by atoms with Crippen LogP contribution in [0.4, 0.5) is 10.8 Å². The van der Waals surface area contributed by atoms with Gasteiger partial charge in [-0.2, -0.15) is 0 Å². The molecule has 3 rings (SSSR count). The highest BCUT2D eigenvalue weighted by Gasteiger charge is 2.16. The molecule has 0 saturated carbocycles. The van der Waals surface area contributed by atoms with Crippen molar-refractivity contribution in [2.24, 2.45) is 0 Å². The van der Waals surface area contributed by atoms with Gasteiger partial charge in [-0.05, 0) is 34.1 Å². The Bertz CT molecular complexity index is 747. The van der Waals surface area contributed by atoms with Crippen LogP contribution in [0.25, 0.3) is 10.9 Å². The highest BCUT2D eigenvalue weighted by Crippen LogP contribution is 2.36. The maximum absolute atomic E-state index is 11.4. The van der Waals surface area contributed by atoms with E-state index in [0.717, 1.165) is 31.8 Å². The van der Waals surface area contributed by atoms with E-state index >= 15 is 0 Å². The Morgan fingerprint density at radius 1 is 1.26 bits per heavy atom. The summed E-state index contributed by atoms with van der Waals surface area (Å²) in [4.78, 5) is 16.7. The zero-order valence-electron chi connectivity index (χ0n) is 10.2. The van der Waals surface area contributed by atoms with Crippen molar-refractivity contribution in [3.05, 3.63) is 45.7 Å². The number of nitrogens with one attached hydrogen (secondary N) is 1. The number of hydrogen-bond donors (Lipinski definition) is 1. The Hall–Kier alpha value is -1.59. The van der Waals surface area contributed by atoms with Crippen molar-refractivity contribution >= 4 is 55.3 Å². The van der Waals surface area contributed by atoms with E-state index in [-0.39, 0.29) is 0 Å². The molecule has 2 aromatic heterocycles. The van der Waals surface area contributed by atoms with Crippen molar-refractivity contribution < 1.29 is 4.79 Å². The molecule has 19 heavy (non-hydrogen) atoms. The normalized spacial score (nSPS) is 10.8. The van der Waals surface area contributed by atoms with E-state index in [9.17, 15) is 4.79 Å². The molecule has 0 aliphatic heterocycles. The summed E-state index contributed by atoms with van der Waals surface area (Å²) in [6.45, 7) is 0. The molecule has 0 spiro atoms. The first-order valence-electron chi connectivity index (χ1n) is 5.75. The first-order chi connectivity index (χ1) is 9.20. The Labute approximate surface area is 123 Å². The lowest BCUT2D eigenvalue weighted by atomic mass is 10.2. The molecule has 1 N–H and O–H groups in total. The van der Waals surface area contributed by atoms with Crippen LogP contribution in [0.1, 0.15) is 10.4 Å². The highest BCUT2D eigenvalue weighted by atomic mass is 79.9. The lowest BCUT2D eigenvalue weighted by molar-refractivity contribution is 0.112. The van der Waals surface area contributed by atoms with E-state index in [0.29, 0.717) is 5.56 Å². The number of aromatic nitrogens is 1. The topological polar surface area (TPSA) is 36.1 Å². The second kappa shape index (κ2) is 4.83. The standard InChI is InChI=1S/C14H11BrN2OS/c1-17(13-7-6-12(15)19-13)14-10(8-18)9-4-2-3-5-11(9)16-14/h2-8,16H,1H3. The molecule has 0 fully saturated rings. The zero-order valence-corrected chi connectivity index (χ0v) is 12.6. The molecule has 0 radical (unpaired) electrons. The van der Waals surface area contributed by atoms with Crippen molar-refractivity contribution in [1.29, 1.82) is 0 Å². The van der Waals surface area contributed by atoms with E-state index < -0.39 is 0 Å². The summed E-state index contributed by atoms with van der Waals surface area (Å²) in [6.07, 6.45) is 0.910. The molecular weight excluding hydrogens is 324 g/mol. The second-order valence-corrected chi connectivity index (χ2v) is 6.63. The van der Waals surface area contributed by atoms with Gasteiger partial charge in [0.1, 0.15) is 5.82 Å². The third-order valence-corrected chi connectivity index (χ3v) is 4.77. The Kier molecular flexibility index (Phi) is 3.16. The van der Waals surface area contributed by atoms with Gasteiger partial charge in [0, 0.05) is 18.0 Å². The number of fused-ring (bicyclic) bond motifs is 1. The Balaban J connectivity index is 2.16. The number of nitrogens with zero attached hydrogens (tertiary/aromatic N) is 1. The summed E-state index contributed by atoms with van der Waals surface area (Å²) in [5.74, 6) is 0.825. The number of aldehydes is 1. The number of para-hydroxylation sites is 1. The van der Waals surface area contributed by atoms with E-state index in [1.54, 1.807) is 11.3 Å². The number of carbonyl (C=O) groups excluding carboxylic acids is 1. The summed E-state index contributed by atoms with van der Waals surface area (Å²) < 4.78 is 1.07. The van der Waals surface area contributed by atoms with Gasteiger partial charge in [0.25, 0.3) is 0 Å². The molecule has 2 heterocycles. The van der Waals surface area contributed by atoms with Gasteiger partial charge in [-0.15, -0.1) is 11.3 Å². The first-order valence-corrected chi connectivity index (χ1v) is 7.36. The van der Waals surface area contributed by atoms with Crippen LogP contribution in [0.5, 0.6) is 0 Å². The van der Waals surface area contributed by atoms with Crippen LogP contribution >= 0.6 is 27.3 Å². The molecule has 0 aliphatic carbocycles. The number of carbonyl (C=O) groups is 1. The van der Waals surface area contributed by atoms with Gasteiger partial charge in [0.05, 0.1) is 14.4 Å². The number of benzene rings is 1. The number of anilines is 2. The number of H-pyrrole nitrogens is 1. The number of aromatic amines is 1. The zero-order chi connectivity index (χ0) is 13.4. The lowest BCUT2D eigenvalue weighted by Crippen LogP contribution is -2.09. The maximum atomic E-state index is 11.4. The third-order valence-electron chi connectivity index (χ3n) is 3.07. The molecule has 3 aromatic rings.